The molecule has 0 saturated carbocycles. The monoisotopic (exact) mass is 240 g/mol. The lowest BCUT2D eigenvalue weighted by Crippen LogP contribution is -2.29. The summed E-state index contributed by atoms with van der Waals surface area (Å²) in [6.45, 7) is 6.32. The molecular weight excluding hydrogens is 220 g/mol. The van der Waals surface area contributed by atoms with Crippen LogP contribution in [0.2, 0.25) is 0 Å². The average molecular weight is 240 g/mol. The average Bonchev–Trinajstić information content (AvgIpc) is 2.35. The highest BCUT2D eigenvalue weighted by atomic mass is 15.2. The highest BCUT2D eigenvalue weighted by Crippen LogP contribution is 2.25. The molecule has 1 atom stereocenters. The summed E-state index contributed by atoms with van der Waals surface area (Å²) in [6, 6.07) is 15.0. The van der Waals surface area contributed by atoms with E-state index in [0.29, 0.717) is 0 Å². The van der Waals surface area contributed by atoms with Crippen LogP contribution in [0.4, 0.5) is 0 Å². The molecule has 0 heterocycles. The van der Waals surface area contributed by atoms with Crippen LogP contribution in [-0.4, -0.2) is 0 Å². The molecule has 0 amide bonds. The molecule has 0 radical (unpaired) electrons. The fourth-order valence-electron chi connectivity index (χ4n) is 2.27. The van der Waals surface area contributed by atoms with Crippen molar-refractivity contribution in [2.75, 3.05) is 0 Å². The Morgan fingerprint density at radius 3 is 2.06 bits per heavy atom. The van der Waals surface area contributed by atoms with Crippen LogP contribution in [0.5, 0.6) is 0 Å². The quantitative estimate of drug-likeness (QED) is 0.639. The van der Waals surface area contributed by atoms with Crippen molar-refractivity contribution in [3.63, 3.8) is 0 Å². The van der Waals surface area contributed by atoms with E-state index >= 15 is 0 Å². The van der Waals surface area contributed by atoms with Gasteiger partial charge in [-0.25, -0.2) is 5.43 Å². The summed E-state index contributed by atoms with van der Waals surface area (Å²) in [5, 5.41) is 0. The first-order valence-corrected chi connectivity index (χ1v) is 6.21. The molecule has 0 spiro atoms. The molecular formula is C16H20N2. The second kappa shape index (κ2) is 5.34. The van der Waals surface area contributed by atoms with Crippen LogP contribution in [0.15, 0.2) is 42.5 Å². The summed E-state index contributed by atoms with van der Waals surface area (Å²) in [4.78, 5) is 0. The highest BCUT2D eigenvalue weighted by Gasteiger charge is 2.14. The second-order valence-electron chi connectivity index (χ2n) is 4.87. The Bertz CT molecular complexity index is 529. The van der Waals surface area contributed by atoms with Crippen LogP contribution in [-0.2, 0) is 0 Å². The second-order valence-corrected chi connectivity index (χ2v) is 4.87. The fourth-order valence-corrected chi connectivity index (χ4v) is 2.27. The summed E-state index contributed by atoms with van der Waals surface area (Å²) in [5.41, 5.74) is 9.13. The minimum absolute atomic E-state index is 0.0474. The van der Waals surface area contributed by atoms with Gasteiger partial charge in [-0.05, 0) is 37.5 Å². The normalized spacial score (nSPS) is 12.4. The molecule has 0 saturated heterocycles. The molecule has 2 aromatic rings. The third kappa shape index (κ3) is 2.61. The molecule has 2 nitrogen and oxygen atoms in total. The zero-order valence-corrected chi connectivity index (χ0v) is 11.2. The Labute approximate surface area is 109 Å². The van der Waals surface area contributed by atoms with Gasteiger partial charge >= 0.3 is 0 Å². The number of hydrogen-bond acceptors (Lipinski definition) is 2. The number of aryl methyl sites for hydroxylation is 3. The molecule has 0 aliphatic heterocycles. The van der Waals surface area contributed by atoms with Crippen LogP contribution in [0.25, 0.3) is 0 Å². The van der Waals surface area contributed by atoms with Crippen molar-refractivity contribution in [3.8, 4) is 0 Å². The van der Waals surface area contributed by atoms with Crippen LogP contribution >= 0.6 is 0 Å². The zero-order valence-electron chi connectivity index (χ0n) is 11.2. The zero-order chi connectivity index (χ0) is 13.1. The lowest BCUT2D eigenvalue weighted by molar-refractivity contribution is 0.633. The number of hydrogen-bond donors (Lipinski definition) is 2. The molecule has 0 bridgehead atoms. The van der Waals surface area contributed by atoms with E-state index < -0.39 is 0 Å². The summed E-state index contributed by atoms with van der Waals surface area (Å²) in [6.07, 6.45) is 0. The summed E-state index contributed by atoms with van der Waals surface area (Å²) in [7, 11) is 0. The van der Waals surface area contributed by atoms with Gasteiger partial charge in [0.2, 0.25) is 0 Å². The van der Waals surface area contributed by atoms with Crippen molar-refractivity contribution in [1.29, 1.82) is 0 Å². The standard InChI is InChI=1S/C16H20N2/c1-11-4-7-14(8-5-11)16(18-17)15-9-6-12(2)10-13(15)3/h4-10,16,18H,17H2,1-3H3. The maximum absolute atomic E-state index is 5.73. The van der Waals surface area contributed by atoms with Crippen LogP contribution in [0.3, 0.4) is 0 Å². The lowest BCUT2D eigenvalue weighted by atomic mass is 9.94. The molecule has 94 valence electrons. The van der Waals surface area contributed by atoms with E-state index in [2.05, 4.69) is 68.7 Å². The predicted molar refractivity (Wildman–Crippen MR) is 76.3 cm³/mol. The third-order valence-corrected chi connectivity index (χ3v) is 3.31. The Morgan fingerprint density at radius 2 is 1.50 bits per heavy atom. The van der Waals surface area contributed by atoms with E-state index in [1.54, 1.807) is 0 Å². The van der Waals surface area contributed by atoms with Crippen molar-refractivity contribution >= 4 is 0 Å². The Morgan fingerprint density at radius 1 is 0.889 bits per heavy atom. The van der Waals surface area contributed by atoms with Crippen molar-refractivity contribution < 1.29 is 0 Å². The Hall–Kier alpha value is -1.64. The molecule has 2 rings (SSSR count). The minimum atomic E-state index is 0.0474. The van der Waals surface area contributed by atoms with Crippen molar-refractivity contribution in [2.24, 2.45) is 5.84 Å². The SMILES string of the molecule is Cc1ccc(C(NN)c2ccc(C)cc2C)cc1. The molecule has 0 fully saturated rings. The van der Waals surface area contributed by atoms with E-state index in [9.17, 15) is 0 Å². The topological polar surface area (TPSA) is 38.0 Å². The molecule has 3 N–H and O–H groups in total. The van der Waals surface area contributed by atoms with Gasteiger partial charge in [-0.3, -0.25) is 5.84 Å². The maximum Gasteiger partial charge on any atom is 0.0712 e. The smallest absolute Gasteiger partial charge is 0.0712 e. The molecule has 18 heavy (non-hydrogen) atoms. The van der Waals surface area contributed by atoms with Gasteiger partial charge in [-0.15, -0.1) is 0 Å². The van der Waals surface area contributed by atoms with Gasteiger partial charge in [-0.2, -0.15) is 0 Å². The van der Waals surface area contributed by atoms with Crippen LogP contribution in [0.1, 0.15) is 33.9 Å². The summed E-state index contributed by atoms with van der Waals surface area (Å²) in [5.74, 6) is 5.73. The van der Waals surface area contributed by atoms with Gasteiger partial charge in [0.15, 0.2) is 0 Å². The van der Waals surface area contributed by atoms with Crippen molar-refractivity contribution in [2.45, 2.75) is 26.8 Å². The van der Waals surface area contributed by atoms with E-state index in [-0.39, 0.29) is 6.04 Å². The number of hydrazine groups is 1. The van der Waals surface area contributed by atoms with Gasteiger partial charge in [0, 0.05) is 0 Å². The Balaban J connectivity index is 2.41. The van der Waals surface area contributed by atoms with Gasteiger partial charge < -0.3 is 0 Å². The third-order valence-electron chi connectivity index (χ3n) is 3.31. The van der Waals surface area contributed by atoms with Crippen molar-refractivity contribution in [3.05, 3.63) is 70.3 Å². The molecule has 0 aliphatic carbocycles. The predicted octanol–water partition coefficient (Wildman–Crippen LogP) is 3.16. The largest absolute Gasteiger partial charge is 0.271 e. The molecule has 0 aromatic heterocycles. The van der Waals surface area contributed by atoms with E-state index in [1.807, 2.05) is 0 Å². The van der Waals surface area contributed by atoms with Crippen LogP contribution < -0.4 is 11.3 Å². The fraction of sp³-hybridized carbons (Fsp3) is 0.250. The van der Waals surface area contributed by atoms with Crippen LogP contribution in [0, 0.1) is 20.8 Å². The number of benzene rings is 2. The first-order valence-electron chi connectivity index (χ1n) is 6.21. The maximum atomic E-state index is 5.73. The number of nitrogens with one attached hydrogen (secondary N) is 1. The van der Waals surface area contributed by atoms with E-state index in [1.165, 1.54) is 27.8 Å². The molecule has 2 heteroatoms. The van der Waals surface area contributed by atoms with Gasteiger partial charge in [-0.1, -0.05) is 53.6 Å². The van der Waals surface area contributed by atoms with Crippen molar-refractivity contribution in [1.82, 2.24) is 5.43 Å². The minimum Gasteiger partial charge on any atom is -0.271 e. The first-order chi connectivity index (χ1) is 8.61. The van der Waals surface area contributed by atoms with Gasteiger partial charge in [0.05, 0.1) is 6.04 Å². The molecule has 0 aliphatic rings. The van der Waals surface area contributed by atoms with E-state index in [4.69, 9.17) is 5.84 Å². The summed E-state index contributed by atoms with van der Waals surface area (Å²) < 4.78 is 0. The first kappa shape index (κ1) is 12.8. The highest BCUT2D eigenvalue weighted by molar-refractivity contribution is 5.39. The summed E-state index contributed by atoms with van der Waals surface area (Å²) >= 11 is 0. The van der Waals surface area contributed by atoms with E-state index in [0.717, 1.165) is 0 Å². The number of nitrogens with two attached hydrogens (primary N) is 1. The Kier molecular flexibility index (Phi) is 3.80. The number of rotatable bonds is 3. The lowest BCUT2D eigenvalue weighted by Gasteiger charge is -2.19. The van der Waals surface area contributed by atoms with Gasteiger partial charge in [0.25, 0.3) is 0 Å². The molecule has 1 unspecified atom stereocenters. The molecule has 2 aromatic carbocycles. The van der Waals surface area contributed by atoms with Gasteiger partial charge in [0.1, 0.15) is 0 Å².